The van der Waals surface area contributed by atoms with Gasteiger partial charge in [0.25, 0.3) is 6.20 Å². The quantitative estimate of drug-likeness (QED) is 0.450. The Balaban J connectivity index is 2.34. The van der Waals surface area contributed by atoms with Crippen LogP contribution >= 0.6 is 23.4 Å². The van der Waals surface area contributed by atoms with Crippen LogP contribution in [0.25, 0.3) is 0 Å². The Bertz CT molecular complexity index is 467. The third-order valence-corrected chi connectivity index (χ3v) is 3.39. The van der Waals surface area contributed by atoms with Crippen molar-refractivity contribution in [2.75, 3.05) is 26.4 Å². The maximum Gasteiger partial charge on any atom is 0.263 e. The lowest BCUT2D eigenvalue weighted by atomic mass is 10.3. The maximum absolute atomic E-state index is 10.4. The van der Waals surface area contributed by atoms with Gasteiger partial charge in [0.05, 0.1) is 4.92 Å². The molecule has 0 aliphatic rings. The summed E-state index contributed by atoms with van der Waals surface area (Å²) in [6.07, 6.45) is 4.52. The molecule has 0 radical (unpaired) electrons. The van der Waals surface area contributed by atoms with Crippen molar-refractivity contribution < 1.29 is 4.92 Å². The number of likely N-dealkylation sites (N-methyl/N-ethyl adjacent to an activating group) is 1. The molecule has 6 nitrogen and oxygen atoms in total. The third-order valence-electron chi connectivity index (χ3n) is 2.48. The van der Waals surface area contributed by atoms with E-state index in [0.717, 1.165) is 24.9 Å². The number of thioether (sulfide) groups is 1. The van der Waals surface area contributed by atoms with Crippen LogP contribution < -0.4 is 5.32 Å². The molecule has 1 heterocycles. The highest BCUT2D eigenvalue weighted by Crippen LogP contribution is 2.08. The standard InChI is InChI=1S/C12H17ClN4O2S/c1-16(8-10-3-4-11(13)15-7-10)6-5-14-12(20-2)9-17(18)19/h3-4,7,9,14H,5-6,8H2,1-2H3. The molecule has 0 saturated heterocycles. The predicted octanol–water partition coefficient (Wildman–Crippen LogP) is 2.19. The van der Waals surface area contributed by atoms with E-state index in [1.54, 1.807) is 18.5 Å². The van der Waals surface area contributed by atoms with Crippen molar-refractivity contribution in [3.63, 3.8) is 0 Å². The second-order valence-electron chi connectivity index (χ2n) is 4.14. The van der Waals surface area contributed by atoms with Gasteiger partial charge in [0.2, 0.25) is 0 Å². The molecule has 1 aromatic heterocycles. The van der Waals surface area contributed by atoms with E-state index in [1.165, 1.54) is 11.8 Å². The molecular weight excluding hydrogens is 300 g/mol. The molecule has 1 aromatic rings. The topological polar surface area (TPSA) is 71.3 Å². The molecule has 0 aliphatic carbocycles. The largest absolute Gasteiger partial charge is 0.374 e. The van der Waals surface area contributed by atoms with Crippen molar-refractivity contribution >= 4 is 23.4 Å². The van der Waals surface area contributed by atoms with Crippen LogP contribution in [0.5, 0.6) is 0 Å². The van der Waals surface area contributed by atoms with Crippen LogP contribution in [0.15, 0.2) is 29.6 Å². The van der Waals surface area contributed by atoms with Gasteiger partial charge in [0.1, 0.15) is 10.2 Å². The Kier molecular flexibility index (Phi) is 7.35. The van der Waals surface area contributed by atoms with E-state index in [1.807, 2.05) is 13.1 Å². The highest BCUT2D eigenvalue weighted by atomic mass is 35.5. The van der Waals surface area contributed by atoms with E-state index in [9.17, 15) is 10.1 Å². The first-order valence-electron chi connectivity index (χ1n) is 5.93. The fourth-order valence-corrected chi connectivity index (χ4v) is 2.08. The number of hydrogen-bond donors (Lipinski definition) is 1. The van der Waals surface area contributed by atoms with E-state index in [-0.39, 0.29) is 0 Å². The summed E-state index contributed by atoms with van der Waals surface area (Å²) in [6, 6.07) is 3.69. The van der Waals surface area contributed by atoms with Crippen molar-refractivity contribution in [3.8, 4) is 0 Å². The number of pyridine rings is 1. The Morgan fingerprint density at radius 1 is 1.65 bits per heavy atom. The smallest absolute Gasteiger partial charge is 0.263 e. The van der Waals surface area contributed by atoms with Gasteiger partial charge in [0.15, 0.2) is 0 Å². The van der Waals surface area contributed by atoms with Crippen molar-refractivity contribution in [3.05, 3.63) is 50.4 Å². The van der Waals surface area contributed by atoms with E-state index < -0.39 is 4.92 Å². The minimum absolute atomic E-state index is 0.456. The molecule has 0 aromatic carbocycles. The Morgan fingerprint density at radius 2 is 2.40 bits per heavy atom. The monoisotopic (exact) mass is 316 g/mol. The van der Waals surface area contributed by atoms with Gasteiger partial charge < -0.3 is 10.2 Å². The molecule has 0 saturated carbocycles. The second kappa shape index (κ2) is 8.78. The molecular formula is C12H17ClN4O2S. The lowest BCUT2D eigenvalue weighted by Gasteiger charge is -2.17. The van der Waals surface area contributed by atoms with Crippen molar-refractivity contribution in [2.24, 2.45) is 0 Å². The Labute approximate surface area is 127 Å². The first-order chi connectivity index (χ1) is 9.51. The van der Waals surface area contributed by atoms with Crippen LogP contribution in [0.3, 0.4) is 0 Å². The minimum Gasteiger partial charge on any atom is -0.374 e. The van der Waals surface area contributed by atoms with Gasteiger partial charge in [-0.2, -0.15) is 0 Å². The Morgan fingerprint density at radius 3 is 2.95 bits per heavy atom. The summed E-state index contributed by atoms with van der Waals surface area (Å²) in [7, 11) is 1.98. The first kappa shape index (κ1) is 16.7. The summed E-state index contributed by atoms with van der Waals surface area (Å²) < 4.78 is 0. The minimum atomic E-state index is -0.456. The van der Waals surface area contributed by atoms with Crippen LogP contribution in [0.2, 0.25) is 5.15 Å². The molecule has 0 atom stereocenters. The van der Waals surface area contributed by atoms with Gasteiger partial charge in [-0.25, -0.2) is 4.98 Å². The van der Waals surface area contributed by atoms with Gasteiger partial charge in [-0.3, -0.25) is 10.1 Å². The zero-order valence-corrected chi connectivity index (χ0v) is 12.9. The lowest BCUT2D eigenvalue weighted by Crippen LogP contribution is -2.28. The van der Waals surface area contributed by atoms with E-state index in [2.05, 4.69) is 15.2 Å². The van der Waals surface area contributed by atoms with Crippen molar-refractivity contribution in [2.45, 2.75) is 6.54 Å². The second-order valence-corrected chi connectivity index (χ2v) is 5.37. The van der Waals surface area contributed by atoms with Crippen LogP contribution in [-0.2, 0) is 6.54 Å². The first-order valence-corrected chi connectivity index (χ1v) is 7.53. The van der Waals surface area contributed by atoms with Crippen LogP contribution in [0.1, 0.15) is 5.56 Å². The zero-order chi connectivity index (χ0) is 15.0. The molecule has 0 bridgehead atoms. The van der Waals surface area contributed by atoms with Gasteiger partial charge in [0, 0.05) is 25.8 Å². The molecule has 0 spiro atoms. The van der Waals surface area contributed by atoms with Crippen molar-refractivity contribution in [1.82, 2.24) is 15.2 Å². The molecule has 20 heavy (non-hydrogen) atoms. The number of nitrogens with zero attached hydrogens (tertiary/aromatic N) is 3. The summed E-state index contributed by atoms with van der Waals surface area (Å²) in [4.78, 5) is 16.0. The summed E-state index contributed by atoms with van der Waals surface area (Å²) in [5.74, 6) is 0. The highest BCUT2D eigenvalue weighted by molar-refractivity contribution is 8.02. The molecule has 0 fully saturated rings. The number of halogens is 1. The molecule has 1 N–H and O–H groups in total. The normalized spacial score (nSPS) is 11.7. The average Bonchev–Trinajstić information content (AvgIpc) is 2.40. The lowest BCUT2D eigenvalue weighted by molar-refractivity contribution is -0.403. The average molecular weight is 317 g/mol. The van der Waals surface area contributed by atoms with Crippen molar-refractivity contribution in [1.29, 1.82) is 0 Å². The van der Waals surface area contributed by atoms with E-state index in [4.69, 9.17) is 11.6 Å². The SMILES string of the molecule is CSC(=C[N+](=O)[O-])NCCN(C)Cc1ccc(Cl)nc1. The number of rotatable bonds is 8. The van der Waals surface area contributed by atoms with Gasteiger partial charge in [-0.05, 0) is 24.9 Å². The molecule has 0 unspecified atom stereocenters. The number of aromatic nitrogens is 1. The fraction of sp³-hybridized carbons (Fsp3) is 0.417. The zero-order valence-electron chi connectivity index (χ0n) is 11.4. The highest BCUT2D eigenvalue weighted by Gasteiger charge is 2.03. The van der Waals surface area contributed by atoms with Gasteiger partial charge >= 0.3 is 0 Å². The van der Waals surface area contributed by atoms with Crippen LogP contribution in [-0.4, -0.2) is 41.2 Å². The third kappa shape index (κ3) is 6.74. The molecule has 0 amide bonds. The number of nitrogens with one attached hydrogen (secondary N) is 1. The summed E-state index contributed by atoms with van der Waals surface area (Å²) in [5, 5.41) is 14.4. The number of hydrogen-bond acceptors (Lipinski definition) is 6. The maximum atomic E-state index is 10.4. The molecule has 1 rings (SSSR count). The van der Waals surface area contributed by atoms with E-state index >= 15 is 0 Å². The fourth-order valence-electron chi connectivity index (χ4n) is 1.53. The predicted molar refractivity (Wildman–Crippen MR) is 82.2 cm³/mol. The Hall–Kier alpha value is -1.31. The number of nitro groups is 1. The van der Waals surface area contributed by atoms with Crippen LogP contribution in [0, 0.1) is 10.1 Å². The summed E-state index contributed by atoms with van der Waals surface area (Å²) in [6.45, 7) is 2.15. The van der Waals surface area contributed by atoms with Crippen LogP contribution in [0.4, 0.5) is 0 Å². The van der Waals surface area contributed by atoms with Gasteiger partial charge in [-0.15, -0.1) is 11.8 Å². The van der Waals surface area contributed by atoms with E-state index in [0.29, 0.717) is 16.7 Å². The molecule has 110 valence electrons. The summed E-state index contributed by atoms with van der Waals surface area (Å²) in [5.41, 5.74) is 1.07. The molecule has 0 aliphatic heterocycles. The van der Waals surface area contributed by atoms with Gasteiger partial charge in [-0.1, -0.05) is 17.7 Å². The summed E-state index contributed by atoms with van der Waals surface area (Å²) >= 11 is 7.05. The molecule has 8 heteroatoms.